The molecule has 0 saturated carbocycles. The molecule has 0 aliphatic carbocycles. The molecule has 0 atom stereocenters. The minimum atomic E-state index is -0.0371. The van der Waals surface area contributed by atoms with Crippen molar-refractivity contribution < 1.29 is 0 Å². The molecule has 0 saturated heterocycles. The third-order valence-corrected chi connectivity index (χ3v) is 14.0. The highest BCUT2D eigenvalue weighted by molar-refractivity contribution is 7.00. The maximum Gasteiger partial charge on any atom is 0.252 e. The Morgan fingerprint density at radius 2 is 0.852 bits per heavy atom. The quantitative estimate of drug-likeness (QED) is 0.160. The van der Waals surface area contributed by atoms with Crippen molar-refractivity contribution in [1.29, 1.82) is 0 Å². The van der Waals surface area contributed by atoms with E-state index in [2.05, 4.69) is 206 Å². The van der Waals surface area contributed by atoms with Crippen LogP contribution in [0.2, 0.25) is 0 Å². The van der Waals surface area contributed by atoms with Gasteiger partial charge in [0.2, 0.25) is 0 Å². The van der Waals surface area contributed by atoms with Gasteiger partial charge in [-0.25, -0.2) is 0 Å². The lowest BCUT2D eigenvalue weighted by atomic mass is 9.34. The topological polar surface area (TPSA) is 22.8 Å². The molecule has 3 aromatic heterocycles. The summed E-state index contributed by atoms with van der Waals surface area (Å²) < 4.78 is 5.28. The van der Waals surface area contributed by atoms with Crippen LogP contribution in [-0.2, 0) is 21.7 Å². The highest BCUT2D eigenvalue weighted by Crippen LogP contribution is 2.44. The van der Waals surface area contributed by atoms with Crippen molar-refractivity contribution in [1.82, 2.24) is 14.1 Å². The molecule has 6 aromatic carbocycles. The fourth-order valence-corrected chi connectivity index (χ4v) is 10.4. The molecule has 0 spiro atoms. The van der Waals surface area contributed by atoms with E-state index in [4.69, 9.17) is 0 Å². The Kier molecular flexibility index (Phi) is 7.73. The lowest BCUT2D eigenvalue weighted by Crippen LogP contribution is -2.59. The van der Waals surface area contributed by atoms with Crippen molar-refractivity contribution in [3.8, 4) is 33.8 Å². The van der Waals surface area contributed by atoms with E-state index in [1.165, 1.54) is 105 Å². The van der Waals surface area contributed by atoms with Crippen LogP contribution in [-0.4, -0.2) is 20.8 Å². The molecule has 0 radical (unpaired) electrons. The number of nitrogens with zero attached hydrogens (tertiary/aromatic N) is 3. The lowest BCUT2D eigenvalue weighted by molar-refractivity contribution is 0.590. The van der Waals surface area contributed by atoms with E-state index in [1.54, 1.807) is 0 Å². The van der Waals surface area contributed by atoms with Crippen LogP contribution in [0.3, 0.4) is 0 Å². The van der Waals surface area contributed by atoms with Gasteiger partial charge in [-0.1, -0.05) is 138 Å². The molecule has 11 rings (SSSR count). The van der Waals surface area contributed by atoms with E-state index < -0.39 is 0 Å². The first-order valence-electron chi connectivity index (χ1n) is 22.2. The average molecular weight is 794 g/mol. The Labute approximate surface area is 361 Å². The van der Waals surface area contributed by atoms with Crippen LogP contribution in [0, 0.1) is 0 Å². The zero-order valence-electron chi connectivity index (χ0n) is 38.0. The summed E-state index contributed by atoms with van der Waals surface area (Å²) in [5.74, 6) is 0. The van der Waals surface area contributed by atoms with Gasteiger partial charge in [0.15, 0.2) is 0 Å². The molecule has 0 unspecified atom stereocenters. The number of pyridine rings is 1. The number of benzene rings is 6. The second kappa shape index (κ2) is 12.4. The molecule has 0 fully saturated rings. The first-order chi connectivity index (χ1) is 28.8. The molecule has 5 heterocycles. The third kappa shape index (κ3) is 5.60. The molecule has 61 heavy (non-hydrogen) atoms. The Balaban J connectivity index is 1.32. The maximum atomic E-state index is 4.66. The second-order valence-electron chi connectivity index (χ2n) is 22.2. The highest BCUT2D eigenvalue weighted by atomic mass is 15.0. The number of fused-ring (bicyclic) bond motifs is 10. The number of hydrogen-bond donors (Lipinski definition) is 0. The SMILES string of the molecule is CC(C)(C)c1ccc2c(c1)c1cc(C(C)(C)C)cc3c1n2-c1cc(-c2ccc(-c4ccccn4)cc2)cc2c1B3c1cc(C(C)(C)C)cc3c4cc(C(C)(C)C)ccc4n-2c13. The van der Waals surface area contributed by atoms with Crippen molar-refractivity contribution in [3.05, 3.63) is 144 Å². The van der Waals surface area contributed by atoms with Crippen LogP contribution in [0.4, 0.5) is 0 Å². The first-order valence-corrected chi connectivity index (χ1v) is 22.2. The summed E-state index contributed by atoms with van der Waals surface area (Å²) in [5, 5.41) is 5.37. The fourth-order valence-electron chi connectivity index (χ4n) is 10.4. The summed E-state index contributed by atoms with van der Waals surface area (Å²) in [6.45, 7) is 28.3. The van der Waals surface area contributed by atoms with Crippen LogP contribution >= 0.6 is 0 Å². The summed E-state index contributed by atoms with van der Waals surface area (Å²) in [6, 6.07) is 44.9. The van der Waals surface area contributed by atoms with Gasteiger partial charge in [-0.2, -0.15) is 0 Å². The van der Waals surface area contributed by atoms with E-state index in [-0.39, 0.29) is 28.4 Å². The van der Waals surface area contributed by atoms with Crippen molar-refractivity contribution in [2.24, 2.45) is 0 Å². The molecule has 302 valence electrons. The van der Waals surface area contributed by atoms with Crippen LogP contribution in [0.5, 0.6) is 0 Å². The van der Waals surface area contributed by atoms with Crippen molar-refractivity contribution in [2.75, 3.05) is 0 Å². The van der Waals surface area contributed by atoms with Gasteiger partial charge >= 0.3 is 0 Å². The van der Waals surface area contributed by atoms with E-state index in [0.717, 1.165) is 11.3 Å². The zero-order valence-corrected chi connectivity index (χ0v) is 38.0. The van der Waals surface area contributed by atoms with Gasteiger partial charge in [0, 0.05) is 55.7 Å². The normalized spacial score (nSPS) is 13.9. The highest BCUT2D eigenvalue weighted by Gasteiger charge is 2.43. The van der Waals surface area contributed by atoms with Crippen molar-refractivity contribution in [2.45, 2.75) is 105 Å². The van der Waals surface area contributed by atoms with Gasteiger partial charge in [-0.15, -0.1) is 0 Å². The summed E-state index contributed by atoms with van der Waals surface area (Å²) >= 11 is 0. The largest absolute Gasteiger partial charge is 0.310 e. The van der Waals surface area contributed by atoms with Crippen molar-refractivity contribution in [3.63, 3.8) is 0 Å². The molecule has 0 amide bonds. The Morgan fingerprint density at radius 1 is 0.410 bits per heavy atom. The second-order valence-corrected chi connectivity index (χ2v) is 22.2. The molecule has 3 nitrogen and oxygen atoms in total. The van der Waals surface area contributed by atoms with E-state index in [9.17, 15) is 0 Å². The molecule has 0 bridgehead atoms. The number of rotatable bonds is 2. The summed E-state index contributed by atoms with van der Waals surface area (Å²) in [4.78, 5) is 4.66. The van der Waals surface area contributed by atoms with E-state index in [1.807, 2.05) is 12.3 Å². The van der Waals surface area contributed by atoms with Gasteiger partial charge in [0.1, 0.15) is 0 Å². The average Bonchev–Trinajstić information content (AvgIpc) is 3.73. The predicted octanol–water partition coefficient (Wildman–Crippen LogP) is 12.9. The molecule has 9 aromatic rings. The molecule has 0 N–H and O–H groups in total. The third-order valence-electron chi connectivity index (χ3n) is 14.0. The minimum Gasteiger partial charge on any atom is -0.310 e. The van der Waals surface area contributed by atoms with Gasteiger partial charge in [-0.05, 0) is 132 Å². The maximum absolute atomic E-state index is 4.66. The Morgan fingerprint density at radius 3 is 1.28 bits per heavy atom. The summed E-state index contributed by atoms with van der Waals surface area (Å²) in [5.41, 5.74) is 22.0. The standard InChI is InChI=1S/C57H56BN3/c1-54(2,3)36-20-22-47-40(27-36)42-29-38(56(7,8)9)31-44-52(42)60(47)49-25-35(33-16-18-34(19-17-33)46-15-13-14-24-59-46)26-50-51(49)58(44)45-32-39(57(10,11)12)30-43-41-28-37(55(4,5)6)21-23-48(41)61(50)53(43)45/h13-32H,1-12H3. The summed E-state index contributed by atoms with van der Waals surface area (Å²) in [7, 11) is 0. The van der Waals surface area contributed by atoms with Crippen LogP contribution in [0.15, 0.2) is 121 Å². The first kappa shape index (κ1) is 38.1. The van der Waals surface area contributed by atoms with Crippen LogP contribution in [0.1, 0.15) is 105 Å². The predicted molar refractivity (Wildman–Crippen MR) is 263 cm³/mol. The molecule has 2 aliphatic heterocycles. The molecule has 2 aliphatic rings. The summed E-state index contributed by atoms with van der Waals surface area (Å²) in [6.07, 6.45) is 1.87. The number of hydrogen-bond acceptors (Lipinski definition) is 1. The molecular weight excluding hydrogens is 737 g/mol. The molecular formula is C57H56BN3. The van der Waals surface area contributed by atoms with E-state index >= 15 is 0 Å². The monoisotopic (exact) mass is 793 g/mol. The minimum absolute atomic E-state index is 0.0227. The van der Waals surface area contributed by atoms with Gasteiger partial charge < -0.3 is 9.13 Å². The zero-order chi connectivity index (χ0) is 42.7. The van der Waals surface area contributed by atoms with Gasteiger partial charge in [0.05, 0.1) is 16.7 Å². The Bertz CT molecular complexity index is 3130. The fraction of sp³-hybridized carbons (Fsp3) is 0.281. The van der Waals surface area contributed by atoms with Crippen LogP contribution < -0.4 is 16.4 Å². The Hall–Kier alpha value is -5.87. The van der Waals surface area contributed by atoms with Gasteiger partial charge in [-0.3, -0.25) is 4.98 Å². The lowest BCUT2D eigenvalue weighted by Gasteiger charge is -2.36. The van der Waals surface area contributed by atoms with Crippen LogP contribution in [0.25, 0.3) is 77.4 Å². The van der Waals surface area contributed by atoms with E-state index in [0.29, 0.717) is 0 Å². The van der Waals surface area contributed by atoms with Gasteiger partial charge in [0.25, 0.3) is 6.71 Å². The van der Waals surface area contributed by atoms with Crippen molar-refractivity contribution >= 4 is 66.7 Å². The molecule has 4 heteroatoms. The smallest absolute Gasteiger partial charge is 0.252 e. The number of aromatic nitrogens is 3.